The van der Waals surface area contributed by atoms with Gasteiger partial charge in [-0.2, -0.15) is 0 Å². The van der Waals surface area contributed by atoms with E-state index >= 15 is 0 Å². The molecule has 2 fully saturated rings. The Morgan fingerprint density at radius 3 is 2.59 bits per heavy atom. The summed E-state index contributed by atoms with van der Waals surface area (Å²) in [5, 5.41) is 0. The fraction of sp³-hybridized carbons (Fsp3) is 0.600. The second-order valence-electron chi connectivity index (χ2n) is 5.62. The van der Waals surface area contributed by atoms with Crippen LogP contribution in [0.3, 0.4) is 0 Å². The Kier molecular flexibility index (Phi) is 3.04. The van der Waals surface area contributed by atoms with Crippen LogP contribution < -0.4 is 4.90 Å². The van der Waals surface area contributed by atoms with E-state index in [0.29, 0.717) is 5.88 Å². The van der Waals surface area contributed by atoms with E-state index in [9.17, 15) is 0 Å². The van der Waals surface area contributed by atoms with Gasteiger partial charge in [-0.05, 0) is 43.2 Å². The number of rotatable bonds is 2. The minimum atomic E-state index is 0.628. The number of alkyl halides is 1. The Hall–Kier alpha value is -0.690. The van der Waals surface area contributed by atoms with Crippen LogP contribution in [-0.4, -0.2) is 13.1 Å². The Labute approximate surface area is 109 Å². The summed E-state index contributed by atoms with van der Waals surface area (Å²) in [5.41, 5.74) is 3.98. The minimum Gasteiger partial charge on any atom is -0.371 e. The molecule has 0 radical (unpaired) electrons. The van der Waals surface area contributed by atoms with E-state index in [2.05, 4.69) is 30.0 Å². The summed E-state index contributed by atoms with van der Waals surface area (Å²) in [6.07, 6.45) is 4.31. The average molecular weight is 250 g/mol. The van der Waals surface area contributed by atoms with Crippen molar-refractivity contribution in [3.63, 3.8) is 0 Å². The van der Waals surface area contributed by atoms with Crippen molar-refractivity contribution >= 4 is 17.3 Å². The highest BCUT2D eigenvalue weighted by molar-refractivity contribution is 6.17. The Bertz CT molecular complexity index is 403. The lowest BCUT2D eigenvalue weighted by molar-refractivity contribution is 0.494. The highest BCUT2D eigenvalue weighted by Crippen LogP contribution is 2.40. The SMILES string of the molecule is Cc1ccc(N2CC3CCCC3C2)c(CCl)c1. The van der Waals surface area contributed by atoms with Crippen LogP contribution in [0.15, 0.2) is 18.2 Å². The van der Waals surface area contributed by atoms with Gasteiger partial charge in [-0.15, -0.1) is 11.6 Å². The number of hydrogen-bond acceptors (Lipinski definition) is 1. The van der Waals surface area contributed by atoms with Gasteiger partial charge in [0.25, 0.3) is 0 Å². The van der Waals surface area contributed by atoms with Crippen LogP contribution in [0, 0.1) is 18.8 Å². The first-order valence-electron chi connectivity index (χ1n) is 6.68. The number of anilines is 1. The van der Waals surface area contributed by atoms with E-state index in [0.717, 1.165) is 11.8 Å². The molecule has 1 heterocycles. The van der Waals surface area contributed by atoms with Gasteiger partial charge < -0.3 is 4.90 Å². The van der Waals surface area contributed by atoms with E-state index < -0.39 is 0 Å². The molecule has 1 aromatic rings. The maximum absolute atomic E-state index is 6.08. The van der Waals surface area contributed by atoms with Crippen LogP contribution in [0.1, 0.15) is 30.4 Å². The predicted octanol–water partition coefficient (Wildman–Crippen LogP) is 3.97. The van der Waals surface area contributed by atoms with Gasteiger partial charge in [0, 0.05) is 24.7 Å². The topological polar surface area (TPSA) is 3.24 Å². The Morgan fingerprint density at radius 2 is 1.94 bits per heavy atom. The monoisotopic (exact) mass is 249 g/mol. The zero-order chi connectivity index (χ0) is 11.8. The second-order valence-corrected chi connectivity index (χ2v) is 5.89. The predicted molar refractivity (Wildman–Crippen MR) is 73.8 cm³/mol. The molecule has 2 unspecified atom stereocenters. The molecule has 0 N–H and O–H groups in total. The van der Waals surface area contributed by atoms with Crippen LogP contribution >= 0.6 is 11.6 Å². The maximum atomic E-state index is 6.08. The van der Waals surface area contributed by atoms with Crippen molar-refractivity contribution in [2.75, 3.05) is 18.0 Å². The van der Waals surface area contributed by atoms with E-state index in [1.54, 1.807) is 0 Å². The van der Waals surface area contributed by atoms with Gasteiger partial charge in [0.15, 0.2) is 0 Å². The van der Waals surface area contributed by atoms with Crippen LogP contribution in [0.25, 0.3) is 0 Å². The average Bonchev–Trinajstić information content (AvgIpc) is 2.89. The van der Waals surface area contributed by atoms with Gasteiger partial charge >= 0.3 is 0 Å². The molecule has 1 nitrogen and oxygen atoms in total. The van der Waals surface area contributed by atoms with Crippen molar-refractivity contribution in [2.24, 2.45) is 11.8 Å². The molecule has 2 heteroatoms. The first-order valence-corrected chi connectivity index (χ1v) is 7.22. The van der Waals surface area contributed by atoms with E-state index in [-0.39, 0.29) is 0 Å². The largest absolute Gasteiger partial charge is 0.371 e. The van der Waals surface area contributed by atoms with Gasteiger partial charge in [-0.25, -0.2) is 0 Å². The molecule has 2 aliphatic rings. The number of hydrogen-bond donors (Lipinski definition) is 0. The molecule has 0 bridgehead atoms. The summed E-state index contributed by atoms with van der Waals surface area (Å²) < 4.78 is 0. The number of aryl methyl sites for hydroxylation is 1. The van der Waals surface area contributed by atoms with Crippen molar-refractivity contribution in [2.45, 2.75) is 32.1 Å². The lowest BCUT2D eigenvalue weighted by Crippen LogP contribution is -2.21. The van der Waals surface area contributed by atoms with E-state index in [1.165, 1.54) is 49.2 Å². The normalized spacial score (nSPS) is 27.5. The number of halogens is 1. The molecular weight excluding hydrogens is 230 g/mol. The highest BCUT2D eigenvalue weighted by atomic mass is 35.5. The van der Waals surface area contributed by atoms with Crippen molar-refractivity contribution in [1.29, 1.82) is 0 Å². The molecule has 1 aliphatic heterocycles. The molecule has 2 atom stereocenters. The molecule has 1 aromatic carbocycles. The molecule has 17 heavy (non-hydrogen) atoms. The fourth-order valence-electron chi connectivity index (χ4n) is 3.56. The van der Waals surface area contributed by atoms with Gasteiger partial charge in [0.2, 0.25) is 0 Å². The summed E-state index contributed by atoms with van der Waals surface area (Å²) in [6, 6.07) is 6.70. The zero-order valence-corrected chi connectivity index (χ0v) is 11.2. The molecule has 3 rings (SSSR count). The third kappa shape index (κ3) is 2.06. The Morgan fingerprint density at radius 1 is 1.24 bits per heavy atom. The molecule has 1 saturated carbocycles. The summed E-state index contributed by atoms with van der Waals surface area (Å²) >= 11 is 6.08. The second kappa shape index (κ2) is 4.53. The standard InChI is InChI=1S/C15H20ClN/c1-11-5-6-15(14(7-11)8-16)17-9-12-3-2-4-13(12)10-17/h5-7,12-13H,2-4,8-10H2,1H3. The minimum absolute atomic E-state index is 0.628. The lowest BCUT2D eigenvalue weighted by atomic mass is 10.0. The summed E-state index contributed by atoms with van der Waals surface area (Å²) in [4.78, 5) is 2.56. The molecule has 0 aromatic heterocycles. The number of fused-ring (bicyclic) bond motifs is 1. The summed E-state index contributed by atoms with van der Waals surface area (Å²) in [7, 11) is 0. The molecule has 92 valence electrons. The summed E-state index contributed by atoms with van der Waals surface area (Å²) in [5.74, 6) is 2.52. The van der Waals surface area contributed by atoms with Gasteiger partial charge in [0.1, 0.15) is 0 Å². The van der Waals surface area contributed by atoms with Crippen molar-refractivity contribution in [3.05, 3.63) is 29.3 Å². The lowest BCUT2D eigenvalue weighted by Gasteiger charge is -2.22. The molecule has 0 spiro atoms. The van der Waals surface area contributed by atoms with Crippen LogP contribution in [0.5, 0.6) is 0 Å². The molecule has 0 amide bonds. The van der Waals surface area contributed by atoms with Crippen LogP contribution in [-0.2, 0) is 5.88 Å². The van der Waals surface area contributed by atoms with Crippen LogP contribution in [0.4, 0.5) is 5.69 Å². The van der Waals surface area contributed by atoms with Crippen molar-refractivity contribution < 1.29 is 0 Å². The molecule has 1 saturated heterocycles. The van der Waals surface area contributed by atoms with Gasteiger partial charge in [-0.1, -0.05) is 24.1 Å². The third-order valence-corrected chi connectivity index (χ3v) is 4.73. The Balaban J connectivity index is 1.85. The fourth-order valence-corrected chi connectivity index (χ4v) is 3.78. The smallest absolute Gasteiger partial charge is 0.0494 e. The van der Waals surface area contributed by atoms with Crippen molar-refractivity contribution in [1.82, 2.24) is 0 Å². The first kappa shape index (κ1) is 11.4. The maximum Gasteiger partial charge on any atom is 0.0494 e. The van der Waals surface area contributed by atoms with Crippen molar-refractivity contribution in [3.8, 4) is 0 Å². The van der Waals surface area contributed by atoms with E-state index in [4.69, 9.17) is 11.6 Å². The molecule has 1 aliphatic carbocycles. The highest BCUT2D eigenvalue weighted by Gasteiger charge is 2.36. The molecular formula is C15H20ClN. The van der Waals surface area contributed by atoms with E-state index in [1.807, 2.05) is 0 Å². The first-order chi connectivity index (χ1) is 8.28. The van der Waals surface area contributed by atoms with Gasteiger partial charge in [-0.3, -0.25) is 0 Å². The quantitative estimate of drug-likeness (QED) is 0.717. The summed E-state index contributed by atoms with van der Waals surface area (Å²) in [6.45, 7) is 4.63. The zero-order valence-electron chi connectivity index (χ0n) is 10.5. The van der Waals surface area contributed by atoms with Gasteiger partial charge in [0.05, 0.1) is 0 Å². The number of nitrogens with zero attached hydrogens (tertiary/aromatic N) is 1. The number of benzene rings is 1. The van der Waals surface area contributed by atoms with Crippen LogP contribution in [0.2, 0.25) is 0 Å². The third-order valence-electron chi connectivity index (χ3n) is 4.45.